The Kier molecular flexibility index (Phi) is 2.92. The van der Waals surface area contributed by atoms with E-state index in [9.17, 15) is 4.39 Å². The van der Waals surface area contributed by atoms with Gasteiger partial charge in [-0.3, -0.25) is 0 Å². The molecule has 3 aromatic rings. The minimum Gasteiger partial charge on any atom is -0.207 e. The molecule has 0 aliphatic heterocycles. The van der Waals surface area contributed by atoms with Crippen LogP contribution in [-0.4, -0.2) is 24.7 Å². The van der Waals surface area contributed by atoms with Crippen molar-refractivity contribution in [3.05, 3.63) is 53.8 Å². The third-order valence-electron chi connectivity index (χ3n) is 2.39. The highest BCUT2D eigenvalue weighted by Crippen LogP contribution is 2.18. The number of hydrogen-bond acceptors (Lipinski definition) is 4. The first-order valence-corrected chi connectivity index (χ1v) is 5.78. The van der Waals surface area contributed by atoms with Crippen LogP contribution in [0.15, 0.2) is 42.7 Å². The number of halogens is 2. The van der Waals surface area contributed by atoms with Gasteiger partial charge in [0.25, 0.3) is 5.95 Å². The van der Waals surface area contributed by atoms with E-state index in [1.54, 1.807) is 30.6 Å². The van der Waals surface area contributed by atoms with Crippen LogP contribution in [0.4, 0.5) is 4.39 Å². The van der Waals surface area contributed by atoms with Gasteiger partial charge in [-0.05, 0) is 29.8 Å². The average Bonchev–Trinajstić information content (AvgIpc) is 2.92. The molecule has 19 heavy (non-hydrogen) atoms. The Morgan fingerprint density at radius 1 is 1.11 bits per heavy atom. The largest absolute Gasteiger partial charge is 0.255 e. The van der Waals surface area contributed by atoms with Crippen LogP contribution in [0, 0.1) is 5.82 Å². The Labute approximate surface area is 112 Å². The predicted molar refractivity (Wildman–Crippen MR) is 67.4 cm³/mol. The smallest absolute Gasteiger partial charge is 0.207 e. The highest BCUT2D eigenvalue weighted by atomic mass is 35.5. The van der Waals surface area contributed by atoms with Gasteiger partial charge in [0.2, 0.25) is 5.28 Å². The lowest BCUT2D eigenvalue weighted by atomic mass is 10.2. The van der Waals surface area contributed by atoms with Crippen LogP contribution in [0.1, 0.15) is 0 Å². The van der Waals surface area contributed by atoms with Crippen molar-refractivity contribution in [1.29, 1.82) is 0 Å². The van der Waals surface area contributed by atoms with E-state index >= 15 is 0 Å². The summed E-state index contributed by atoms with van der Waals surface area (Å²) in [4.78, 5) is 12.2. The summed E-state index contributed by atoms with van der Waals surface area (Å²) >= 11 is 5.86. The molecule has 94 valence electrons. The third kappa shape index (κ3) is 2.43. The molecule has 0 radical (unpaired) electrons. The Hall–Kier alpha value is -2.34. The molecule has 0 amide bonds. The molecule has 0 saturated heterocycles. The molecule has 0 bridgehead atoms. The van der Waals surface area contributed by atoms with E-state index in [2.05, 4.69) is 20.1 Å². The molecular weight excluding hydrogens is 269 g/mol. The normalized spacial score (nSPS) is 10.6. The summed E-state index contributed by atoms with van der Waals surface area (Å²) < 4.78 is 14.7. The fourth-order valence-corrected chi connectivity index (χ4v) is 1.74. The first-order valence-electron chi connectivity index (χ1n) is 5.40. The maximum Gasteiger partial charge on any atom is 0.255 e. The molecule has 0 unspecified atom stereocenters. The Bertz CT molecular complexity index is 714. The maximum atomic E-state index is 13.2. The second-order valence-electron chi connectivity index (χ2n) is 3.69. The molecule has 0 atom stereocenters. The zero-order valence-corrected chi connectivity index (χ0v) is 10.3. The van der Waals surface area contributed by atoms with Gasteiger partial charge in [0, 0.05) is 18.0 Å². The van der Waals surface area contributed by atoms with Crippen molar-refractivity contribution in [3.8, 4) is 17.3 Å². The fourth-order valence-electron chi connectivity index (χ4n) is 1.59. The van der Waals surface area contributed by atoms with Gasteiger partial charge in [0.1, 0.15) is 5.82 Å². The van der Waals surface area contributed by atoms with Crippen LogP contribution in [0.25, 0.3) is 17.3 Å². The Morgan fingerprint density at radius 3 is 2.74 bits per heavy atom. The molecule has 0 aliphatic carbocycles. The van der Waals surface area contributed by atoms with Gasteiger partial charge in [0.05, 0.1) is 0 Å². The van der Waals surface area contributed by atoms with Crippen molar-refractivity contribution < 1.29 is 4.39 Å². The van der Waals surface area contributed by atoms with Crippen LogP contribution in [0.2, 0.25) is 5.28 Å². The zero-order valence-electron chi connectivity index (χ0n) is 9.53. The van der Waals surface area contributed by atoms with Crippen LogP contribution in [-0.2, 0) is 0 Å². The quantitative estimate of drug-likeness (QED) is 0.721. The van der Waals surface area contributed by atoms with E-state index < -0.39 is 0 Å². The van der Waals surface area contributed by atoms with E-state index in [1.165, 1.54) is 16.8 Å². The minimum absolute atomic E-state index is 0.0276. The summed E-state index contributed by atoms with van der Waals surface area (Å²) in [5.41, 5.74) is 0.526. The second-order valence-corrected chi connectivity index (χ2v) is 4.03. The SMILES string of the molecule is Fc1cccc(-c2nc(Cl)nc(-n3cccn3)n2)c1. The molecule has 2 heterocycles. The van der Waals surface area contributed by atoms with Gasteiger partial charge in [-0.15, -0.1) is 0 Å². The Morgan fingerprint density at radius 2 is 2.00 bits per heavy atom. The predicted octanol–water partition coefficient (Wildman–Crippen LogP) is 2.52. The van der Waals surface area contributed by atoms with Crippen molar-refractivity contribution in [1.82, 2.24) is 24.7 Å². The van der Waals surface area contributed by atoms with Crippen LogP contribution >= 0.6 is 11.6 Å². The lowest BCUT2D eigenvalue weighted by Crippen LogP contribution is -2.05. The monoisotopic (exact) mass is 275 g/mol. The third-order valence-corrected chi connectivity index (χ3v) is 2.56. The number of nitrogens with zero attached hydrogens (tertiary/aromatic N) is 5. The van der Waals surface area contributed by atoms with Crippen LogP contribution in [0.3, 0.4) is 0 Å². The van der Waals surface area contributed by atoms with Crippen molar-refractivity contribution in [2.45, 2.75) is 0 Å². The van der Waals surface area contributed by atoms with E-state index in [0.717, 1.165) is 0 Å². The summed E-state index contributed by atoms with van der Waals surface area (Å²) in [6, 6.07) is 7.69. The maximum absolute atomic E-state index is 13.2. The van der Waals surface area contributed by atoms with E-state index in [0.29, 0.717) is 11.4 Å². The van der Waals surface area contributed by atoms with Gasteiger partial charge in [0.15, 0.2) is 5.82 Å². The first kappa shape index (κ1) is 11.7. The van der Waals surface area contributed by atoms with Gasteiger partial charge in [-0.1, -0.05) is 12.1 Å². The summed E-state index contributed by atoms with van der Waals surface area (Å²) in [7, 11) is 0. The van der Waals surface area contributed by atoms with E-state index in [4.69, 9.17) is 11.6 Å². The number of aromatic nitrogens is 5. The lowest BCUT2D eigenvalue weighted by molar-refractivity contribution is 0.628. The highest BCUT2D eigenvalue weighted by molar-refractivity contribution is 6.28. The van der Waals surface area contributed by atoms with Crippen molar-refractivity contribution in [3.63, 3.8) is 0 Å². The van der Waals surface area contributed by atoms with Crippen molar-refractivity contribution >= 4 is 11.6 Å². The summed E-state index contributed by atoms with van der Waals surface area (Å²) in [6.45, 7) is 0. The van der Waals surface area contributed by atoms with Crippen LogP contribution in [0.5, 0.6) is 0 Å². The molecule has 7 heteroatoms. The molecule has 0 N–H and O–H groups in total. The molecule has 0 fully saturated rings. The standard InChI is InChI=1S/C12H7ClFN5/c13-11-16-10(8-3-1-4-9(14)7-8)17-12(18-11)19-6-2-5-15-19/h1-7H. The fraction of sp³-hybridized carbons (Fsp3) is 0. The molecule has 0 saturated carbocycles. The minimum atomic E-state index is -0.366. The molecule has 3 rings (SSSR count). The number of hydrogen-bond donors (Lipinski definition) is 0. The van der Waals surface area contributed by atoms with Gasteiger partial charge in [-0.2, -0.15) is 20.1 Å². The van der Waals surface area contributed by atoms with E-state index in [1.807, 2.05) is 0 Å². The van der Waals surface area contributed by atoms with Crippen LogP contribution < -0.4 is 0 Å². The molecule has 1 aromatic carbocycles. The number of benzene rings is 1. The summed E-state index contributed by atoms with van der Waals surface area (Å²) in [6.07, 6.45) is 3.28. The number of rotatable bonds is 2. The second kappa shape index (κ2) is 4.74. The molecule has 0 spiro atoms. The Balaban J connectivity index is 2.12. The highest BCUT2D eigenvalue weighted by Gasteiger charge is 2.09. The van der Waals surface area contributed by atoms with Gasteiger partial charge >= 0.3 is 0 Å². The first-order chi connectivity index (χ1) is 9.22. The molecule has 5 nitrogen and oxygen atoms in total. The van der Waals surface area contributed by atoms with Gasteiger partial charge < -0.3 is 0 Å². The van der Waals surface area contributed by atoms with Gasteiger partial charge in [-0.25, -0.2) is 9.07 Å². The van der Waals surface area contributed by atoms with Crippen molar-refractivity contribution in [2.24, 2.45) is 0 Å². The summed E-state index contributed by atoms with van der Waals surface area (Å²) in [5, 5.41) is 4.04. The van der Waals surface area contributed by atoms with Crippen molar-refractivity contribution in [2.75, 3.05) is 0 Å². The lowest BCUT2D eigenvalue weighted by Gasteiger charge is -2.04. The molecule has 2 aromatic heterocycles. The zero-order chi connectivity index (χ0) is 13.2. The van der Waals surface area contributed by atoms with E-state index in [-0.39, 0.29) is 17.0 Å². The topological polar surface area (TPSA) is 56.5 Å². The molecule has 0 aliphatic rings. The molecular formula is C12H7ClFN5. The average molecular weight is 276 g/mol. The summed E-state index contributed by atoms with van der Waals surface area (Å²) in [5.74, 6) is 0.212.